The molecule has 0 spiro atoms. The molecule has 28 heavy (non-hydrogen) atoms. The number of ether oxygens (including phenoxy) is 2. The second-order valence-electron chi connectivity index (χ2n) is 7.24. The number of hydrogen-bond acceptors (Lipinski definition) is 6. The Bertz CT molecular complexity index is 812. The molecule has 2 aromatic rings. The molecule has 1 fully saturated rings. The number of aromatic nitrogens is 1. The highest BCUT2D eigenvalue weighted by molar-refractivity contribution is 7.09. The summed E-state index contributed by atoms with van der Waals surface area (Å²) in [6, 6.07) is 7.04. The third-order valence-electron chi connectivity index (χ3n) is 4.86. The van der Waals surface area contributed by atoms with Gasteiger partial charge in [-0.05, 0) is 50.7 Å². The van der Waals surface area contributed by atoms with Crippen LogP contribution < -0.4 is 10.1 Å². The Kier molecular flexibility index (Phi) is 7.03. The summed E-state index contributed by atoms with van der Waals surface area (Å²) in [7, 11) is 0. The SMILES string of the molecule is Cc1nc(COc2ccccc2C(=O)OCC(=O)NC2CCC(C)CC2)cs1. The predicted octanol–water partition coefficient (Wildman–Crippen LogP) is 3.88. The first-order valence-corrected chi connectivity index (χ1v) is 10.5. The summed E-state index contributed by atoms with van der Waals surface area (Å²) in [6.45, 7) is 4.15. The number of nitrogens with one attached hydrogen (secondary N) is 1. The van der Waals surface area contributed by atoms with Crippen LogP contribution in [0.3, 0.4) is 0 Å². The van der Waals surface area contributed by atoms with E-state index in [0.29, 0.717) is 11.3 Å². The van der Waals surface area contributed by atoms with Gasteiger partial charge in [0.25, 0.3) is 5.91 Å². The van der Waals surface area contributed by atoms with E-state index in [1.807, 2.05) is 12.3 Å². The molecular formula is C21H26N2O4S. The summed E-state index contributed by atoms with van der Waals surface area (Å²) in [4.78, 5) is 28.9. The van der Waals surface area contributed by atoms with Gasteiger partial charge >= 0.3 is 5.97 Å². The van der Waals surface area contributed by atoms with Crippen molar-refractivity contribution in [1.82, 2.24) is 10.3 Å². The van der Waals surface area contributed by atoms with Crippen LogP contribution in [0.25, 0.3) is 0 Å². The number of para-hydroxylation sites is 1. The number of amides is 1. The molecule has 6 nitrogen and oxygen atoms in total. The lowest BCUT2D eigenvalue weighted by Crippen LogP contribution is -2.39. The maximum absolute atomic E-state index is 12.4. The van der Waals surface area contributed by atoms with Crippen molar-refractivity contribution in [2.24, 2.45) is 5.92 Å². The molecule has 1 saturated carbocycles. The number of carbonyl (C=O) groups is 2. The number of benzene rings is 1. The quantitative estimate of drug-likeness (QED) is 0.711. The van der Waals surface area contributed by atoms with Gasteiger partial charge in [0.05, 0.1) is 10.7 Å². The van der Waals surface area contributed by atoms with Gasteiger partial charge in [-0.2, -0.15) is 0 Å². The highest BCUT2D eigenvalue weighted by atomic mass is 32.1. The Balaban J connectivity index is 1.50. The zero-order valence-electron chi connectivity index (χ0n) is 16.3. The number of nitrogens with zero attached hydrogens (tertiary/aromatic N) is 1. The predicted molar refractivity (Wildman–Crippen MR) is 107 cm³/mol. The molecule has 1 aliphatic rings. The first kappa shape index (κ1) is 20.3. The van der Waals surface area contributed by atoms with Crippen LogP contribution in [0, 0.1) is 12.8 Å². The normalized spacial score (nSPS) is 19.1. The summed E-state index contributed by atoms with van der Waals surface area (Å²) < 4.78 is 10.9. The van der Waals surface area contributed by atoms with E-state index >= 15 is 0 Å². The van der Waals surface area contributed by atoms with E-state index < -0.39 is 5.97 Å². The number of rotatable bonds is 7. The summed E-state index contributed by atoms with van der Waals surface area (Å²) in [5.74, 6) is 0.303. The Morgan fingerprint density at radius 2 is 1.96 bits per heavy atom. The molecule has 1 heterocycles. The van der Waals surface area contributed by atoms with Crippen LogP contribution in [0.5, 0.6) is 5.75 Å². The van der Waals surface area contributed by atoms with E-state index in [1.54, 1.807) is 35.6 Å². The molecule has 1 N–H and O–H groups in total. The van der Waals surface area contributed by atoms with Crippen LogP contribution in [0.2, 0.25) is 0 Å². The Labute approximate surface area is 169 Å². The van der Waals surface area contributed by atoms with Crippen molar-refractivity contribution in [2.75, 3.05) is 6.61 Å². The van der Waals surface area contributed by atoms with E-state index in [9.17, 15) is 9.59 Å². The van der Waals surface area contributed by atoms with Crippen LogP contribution in [0.15, 0.2) is 29.6 Å². The summed E-state index contributed by atoms with van der Waals surface area (Å²) in [5.41, 5.74) is 1.11. The number of carbonyl (C=O) groups excluding carboxylic acids is 2. The van der Waals surface area contributed by atoms with E-state index in [4.69, 9.17) is 9.47 Å². The zero-order chi connectivity index (χ0) is 19.9. The van der Waals surface area contributed by atoms with Gasteiger partial charge in [0.15, 0.2) is 6.61 Å². The molecule has 0 aliphatic heterocycles. The summed E-state index contributed by atoms with van der Waals surface area (Å²) >= 11 is 1.55. The molecule has 1 amide bonds. The fraction of sp³-hybridized carbons (Fsp3) is 0.476. The van der Waals surface area contributed by atoms with Crippen molar-refractivity contribution in [3.63, 3.8) is 0 Å². The molecule has 3 rings (SSSR count). The smallest absolute Gasteiger partial charge is 0.342 e. The van der Waals surface area contributed by atoms with Crippen LogP contribution >= 0.6 is 11.3 Å². The van der Waals surface area contributed by atoms with Crippen LogP contribution in [0.1, 0.15) is 53.7 Å². The molecule has 1 aromatic heterocycles. The molecule has 150 valence electrons. The Morgan fingerprint density at radius 1 is 1.21 bits per heavy atom. The first-order chi connectivity index (χ1) is 13.5. The van der Waals surface area contributed by atoms with Gasteiger partial charge in [-0.25, -0.2) is 9.78 Å². The highest BCUT2D eigenvalue weighted by Gasteiger charge is 2.21. The minimum atomic E-state index is -0.572. The lowest BCUT2D eigenvalue weighted by molar-refractivity contribution is -0.125. The fourth-order valence-electron chi connectivity index (χ4n) is 3.27. The highest BCUT2D eigenvalue weighted by Crippen LogP contribution is 2.23. The summed E-state index contributed by atoms with van der Waals surface area (Å²) in [6.07, 6.45) is 4.20. The summed E-state index contributed by atoms with van der Waals surface area (Å²) in [5, 5.41) is 5.84. The molecule has 1 aromatic carbocycles. The van der Waals surface area contributed by atoms with Gasteiger partial charge in [0.1, 0.15) is 17.9 Å². The van der Waals surface area contributed by atoms with Gasteiger partial charge in [-0.3, -0.25) is 4.79 Å². The number of esters is 1. The fourth-order valence-corrected chi connectivity index (χ4v) is 3.87. The van der Waals surface area contributed by atoms with Gasteiger partial charge in [0.2, 0.25) is 0 Å². The van der Waals surface area contributed by atoms with Crippen molar-refractivity contribution >= 4 is 23.2 Å². The number of aryl methyl sites for hydroxylation is 1. The second-order valence-corrected chi connectivity index (χ2v) is 8.31. The molecule has 1 aliphatic carbocycles. The van der Waals surface area contributed by atoms with Gasteiger partial charge in [0, 0.05) is 11.4 Å². The minimum absolute atomic E-state index is 0.180. The van der Waals surface area contributed by atoms with Crippen LogP contribution in [-0.4, -0.2) is 29.5 Å². The maximum atomic E-state index is 12.4. The second kappa shape index (κ2) is 9.68. The van der Waals surface area contributed by atoms with E-state index in [0.717, 1.165) is 42.3 Å². The maximum Gasteiger partial charge on any atom is 0.342 e. The molecule has 0 atom stereocenters. The molecule has 0 bridgehead atoms. The van der Waals surface area contributed by atoms with Crippen LogP contribution in [-0.2, 0) is 16.1 Å². The topological polar surface area (TPSA) is 77.5 Å². The third kappa shape index (κ3) is 5.79. The lowest BCUT2D eigenvalue weighted by atomic mass is 9.87. The molecule has 0 saturated heterocycles. The standard InChI is InChI=1S/C21H26N2O4S/c1-14-7-9-16(10-8-14)23-20(24)12-27-21(25)18-5-3-4-6-19(18)26-11-17-13-28-15(2)22-17/h3-6,13-14,16H,7-12H2,1-2H3,(H,23,24). The Morgan fingerprint density at radius 3 is 2.68 bits per heavy atom. The van der Waals surface area contributed by atoms with Crippen molar-refractivity contribution in [3.05, 3.63) is 45.9 Å². The third-order valence-corrected chi connectivity index (χ3v) is 5.69. The Hall–Kier alpha value is -2.41. The van der Waals surface area contributed by atoms with Gasteiger partial charge in [-0.1, -0.05) is 19.1 Å². The average Bonchev–Trinajstić information content (AvgIpc) is 3.12. The number of thiazole rings is 1. The molecule has 0 unspecified atom stereocenters. The van der Waals surface area contributed by atoms with Gasteiger partial charge in [-0.15, -0.1) is 11.3 Å². The van der Waals surface area contributed by atoms with Crippen molar-refractivity contribution in [3.8, 4) is 5.75 Å². The minimum Gasteiger partial charge on any atom is -0.486 e. The van der Waals surface area contributed by atoms with Crippen molar-refractivity contribution in [2.45, 2.75) is 52.2 Å². The average molecular weight is 403 g/mol. The number of hydrogen-bond donors (Lipinski definition) is 1. The van der Waals surface area contributed by atoms with Crippen molar-refractivity contribution < 1.29 is 19.1 Å². The zero-order valence-corrected chi connectivity index (χ0v) is 17.1. The molecular weight excluding hydrogens is 376 g/mol. The largest absolute Gasteiger partial charge is 0.486 e. The molecule has 0 radical (unpaired) electrons. The van der Waals surface area contributed by atoms with E-state index in [2.05, 4.69) is 17.2 Å². The molecule has 7 heteroatoms. The first-order valence-electron chi connectivity index (χ1n) is 9.60. The van der Waals surface area contributed by atoms with E-state index in [-0.39, 0.29) is 25.2 Å². The van der Waals surface area contributed by atoms with Gasteiger partial charge < -0.3 is 14.8 Å². The monoisotopic (exact) mass is 402 g/mol. The van der Waals surface area contributed by atoms with Crippen molar-refractivity contribution in [1.29, 1.82) is 0 Å². The lowest BCUT2D eigenvalue weighted by Gasteiger charge is -2.26. The van der Waals surface area contributed by atoms with E-state index in [1.165, 1.54) is 0 Å². The van der Waals surface area contributed by atoms with Crippen LogP contribution in [0.4, 0.5) is 0 Å².